The highest BCUT2D eigenvalue weighted by molar-refractivity contribution is 7.45. The second-order valence-corrected chi connectivity index (χ2v) is 23.5. The Morgan fingerprint density at radius 1 is 0.486 bits per heavy atom. The molecule has 3 atom stereocenters. The fraction of sp³-hybridized carbons (Fsp3) is 0.885. The van der Waals surface area contributed by atoms with Crippen LogP contribution in [0, 0.1) is 0 Å². The number of nitrogens with zero attached hydrogens (tertiary/aromatic N) is 1. The lowest BCUT2D eigenvalue weighted by molar-refractivity contribution is -0.870. The standard InChI is InChI=1S/C61H119N2O6P/c1-6-8-10-12-14-16-18-20-22-24-25-26-27-28-29-30-31-32-33-34-35-36-37-39-40-42-44-46-48-50-52-54-60(64)59(58-69-70(66,67)68-57-56-63(3,4)5)62-61(65)55-53-51-49-47-45-43-41-38-23-21-19-17-15-13-11-9-7-2/h37,39,44,46,52,54,59-60,64H,6-36,38,40-43,45,47-51,53,55-58H2,1-5H3,(H-,62,65,66,67)/b39-37+,46-44+,54-52+. The molecule has 0 aromatic rings. The number of amides is 1. The van der Waals surface area contributed by atoms with E-state index in [1.165, 1.54) is 231 Å². The van der Waals surface area contributed by atoms with E-state index in [1.807, 2.05) is 27.2 Å². The molecule has 8 nitrogen and oxygen atoms in total. The molecule has 0 aromatic carbocycles. The number of carbonyl (C=O) groups is 1. The number of aliphatic hydroxyl groups excluding tert-OH is 1. The van der Waals surface area contributed by atoms with Crippen LogP contribution in [0.1, 0.15) is 296 Å². The van der Waals surface area contributed by atoms with Gasteiger partial charge in [-0.05, 0) is 44.9 Å². The van der Waals surface area contributed by atoms with Crippen LogP contribution in [0.2, 0.25) is 0 Å². The summed E-state index contributed by atoms with van der Waals surface area (Å²) in [5.74, 6) is -0.207. The SMILES string of the molecule is CCCCCCCCCCCCCCCCCCCCCCC/C=C/CC/C=C/CC/C=C/C(O)C(COP(=O)([O-])OCC[N+](C)(C)C)NC(=O)CCCCCCCCCCCCCCCCCCC. The molecule has 9 heteroatoms. The third-order valence-corrected chi connectivity index (χ3v) is 14.8. The lowest BCUT2D eigenvalue weighted by Gasteiger charge is -2.29. The van der Waals surface area contributed by atoms with Crippen LogP contribution < -0.4 is 10.2 Å². The number of unbranched alkanes of at least 4 members (excludes halogenated alkanes) is 39. The lowest BCUT2D eigenvalue weighted by atomic mass is 10.0. The minimum absolute atomic E-state index is 0.00738. The third kappa shape index (κ3) is 54.5. The van der Waals surface area contributed by atoms with E-state index >= 15 is 0 Å². The number of aliphatic hydroxyl groups is 1. The summed E-state index contributed by atoms with van der Waals surface area (Å²) >= 11 is 0. The zero-order valence-corrected chi connectivity index (χ0v) is 48.1. The van der Waals surface area contributed by atoms with Crippen LogP contribution >= 0.6 is 7.82 Å². The van der Waals surface area contributed by atoms with Gasteiger partial charge in [0.25, 0.3) is 7.82 Å². The van der Waals surface area contributed by atoms with E-state index in [0.29, 0.717) is 17.4 Å². The predicted molar refractivity (Wildman–Crippen MR) is 302 cm³/mol. The fourth-order valence-corrected chi connectivity index (χ4v) is 9.79. The highest BCUT2D eigenvalue weighted by Gasteiger charge is 2.23. The number of rotatable bonds is 56. The van der Waals surface area contributed by atoms with Crippen molar-refractivity contribution in [3.63, 3.8) is 0 Å². The summed E-state index contributed by atoms with van der Waals surface area (Å²) in [5, 5.41) is 13.9. The van der Waals surface area contributed by atoms with Crippen molar-refractivity contribution in [2.75, 3.05) is 40.9 Å². The lowest BCUT2D eigenvalue weighted by Crippen LogP contribution is -2.45. The number of likely N-dealkylation sites (N-methyl/N-ethyl adjacent to an activating group) is 1. The molecule has 0 aliphatic carbocycles. The minimum Gasteiger partial charge on any atom is -0.756 e. The van der Waals surface area contributed by atoms with Crippen molar-refractivity contribution in [1.82, 2.24) is 5.32 Å². The monoisotopic (exact) mass is 1010 g/mol. The Morgan fingerprint density at radius 2 is 0.800 bits per heavy atom. The van der Waals surface area contributed by atoms with Crippen molar-refractivity contribution >= 4 is 13.7 Å². The fourth-order valence-electron chi connectivity index (χ4n) is 9.07. The van der Waals surface area contributed by atoms with Gasteiger partial charge in [-0.3, -0.25) is 9.36 Å². The van der Waals surface area contributed by atoms with Gasteiger partial charge in [-0.15, -0.1) is 0 Å². The van der Waals surface area contributed by atoms with Gasteiger partial charge in [0, 0.05) is 6.42 Å². The summed E-state index contributed by atoms with van der Waals surface area (Å²) in [6.07, 6.45) is 68.2. The highest BCUT2D eigenvalue weighted by Crippen LogP contribution is 2.38. The van der Waals surface area contributed by atoms with Crippen LogP contribution in [-0.2, 0) is 18.4 Å². The van der Waals surface area contributed by atoms with Crippen LogP contribution in [0.4, 0.5) is 0 Å². The Bertz CT molecular complexity index is 1230. The van der Waals surface area contributed by atoms with E-state index in [4.69, 9.17) is 9.05 Å². The van der Waals surface area contributed by atoms with Gasteiger partial charge in [0.1, 0.15) is 13.2 Å². The van der Waals surface area contributed by atoms with Gasteiger partial charge in [-0.2, -0.15) is 0 Å². The molecule has 0 bridgehead atoms. The molecule has 3 unspecified atom stereocenters. The Balaban J connectivity index is 4.18. The summed E-state index contributed by atoms with van der Waals surface area (Å²) in [5.41, 5.74) is 0. The minimum atomic E-state index is -4.61. The molecule has 0 aliphatic rings. The third-order valence-electron chi connectivity index (χ3n) is 13.8. The van der Waals surface area contributed by atoms with E-state index in [0.717, 1.165) is 44.9 Å². The second-order valence-electron chi connectivity index (χ2n) is 22.0. The van der Waals surface area contributed by atoms with Crippen molar-refractivity contribution in [3.8, 4) is 0 Å². The molecule has 0 saturated carbocycles. The molecule has 70 heavy (non-hydrogen) atoms. The Kier molecular flexibility index (Phi) is 51.6. The number of hydrogen-bond acceptors (Lipinski definition) is 6. The van der Waals surface area contributed by atoms with E-state index in [1.54, 1.807) is 6.08 Å². The summed E-state index contributed by atoms with van der Waals surface area (Å²) < 4.78 is 23.3. The average Bonchev–Trinajstić information content (AvgIpc) is 3.32. The highest BCUT2D eigenvalue weighted by atomic mass is 31.2. The van der Waals surface area contributed by atoms with Crippen LogP contribution in [0.15, 0.2) is 36.5 Å². The number of allylic oxidation sites excluding steroid dienone is 5. The second kappa shape index (κ2) is 52.6. The Labute approximate surface area is 436 Å². The number of nitrogens with one attached hydrogen (secondary N) is 1. The molecule has 0 spiro atoms. The first-order valence-corrected chi connectivity index (χ1v) is 31.8. The van der Waals surface area contributed by atoms with Crippen LogP contribution in [0.25, 0.3) is 0 Å². The average molecular weight is 1010 g/mol. The topological polar surface area (TPSA) is 108 Å². The molecule has 0 heterocycles. The molecular formula is C61H119N2O6P. The largest absolute Gasteiger partial charge is 0.756 e. The van der Waals surface area contributed by atoms with Crippen molar-refractivity contribution < 1.29 is 32.9 Å². The summed E-state index contributed by atoms with van der Waals surface area (Å²) in [7, 11) is 1.25. The van der Waals surface area contributed by atoms with Crippen LogP contribution in [0.3, 0.4) is 0 Å². The zero-order valence-electron chi connectivity index (χ0n) is 47.2. The number of carbonyl (C=O) groups excluding carboxylic acids is 1. The van der Waals surface area contributed by atoms with Crippen molar-refractivity contribution in [2.24, 2.45) is 0 Å². The quantitative estimate of drug-likeness (QED) is 0.0272. The molecule has 0 radical (unpaired) electrons. The first kappa shape index (κ1) is 68.7. The zero-order chi connectivity index (χ0) is 51.3. The van der Waals surface area contributed by atoms with E-state index in [9.17, 15) is 19.4 Å². The molecular weight excluding hydrogens is 888 g/mol. The van der Waals surface area contributed by atoms with Crippen LogP contribution in [-0.4, -0.2) is 68.5 Å². The van der Waals surface area contributed by atoms with Gasteiger partial charge in [0.15, 0.2) is 0 Å². The van der Waals surface area contributed by atoms with Gasteiger partial charge in [-0.25, -0.2) is 0 Å². The molecule has 414 valence electrons. The molecule has 1 amide bonds. The first-order valence-electron chi connectivity index (χ1n) is 30.4. The van der Waals surface area contributed by atoms with E-state index < -0.39 is 26.6 Å². The Morgan fingerprint density at radius 3 is 1.16 bits per heavy atom. The molecule has 0 saturated heterocycles. The Hall–Kier alpha value is -1.28. The molecule has 0 rings (SSSR count). The molecule has 2 N–H and O–H groups in total. The smallest absolute Gasteiger partial charge is 0.268 e. The molecule has 0 fully saturated rings. The van der Waals surface area contributed by atoms with E-state index in [-0.39, 0.29) is 12.5 Å². The number of quaternary nitrogens is 1. The number of phosphoric acid groups is 1. The van der Waals surface area contributed by atoms with Gasteiger partial charge in [0.05, 0.1) is 39.9 Å². The first-order chi connectivity index (χ1) is 34.0. The van der Waals surface area contributed by atoms with Crippen molar-refractivity contribution in [2.45, 2.75) is 309 Å². The maximum Gasteiger partial charge on any atom is 0.268 e. The summed E-state index contributed by atoms with van der Waals surface area (Å²) in [6.45, 7) is 4.66. The van der Waals surface area contributed by atoms with E-state index in [2.05, 4.69) is 43.5 Å². The van der Waals surface area contributed by atoms with Gasteiger partial charge >= 0.3 is 0 Å². The van der Waals surface area contributed by atoms with Crippen molar-refractivity contribution in [3.05, 3.63) is 36.5 Å². The van der Waals surface area contributed by atoms with Gasteiger partial charge in [0.2, 0.25) is 5.91 Å². The van der Waals surface area contributed by atoms with Crippen molar-refractivity contribution in [1.29, 1.82) is 0 Å². The molecule has 0 aromatic heterocycles. The van der Waals surface area contributed by atoms with Crippen LogP contribution in [0.5, 0.6) is 0 Å². The number of phosphoric ester groups is 1. The summed E-state index contributed by atoms with van der Waals surface area (Å²) in [4.78, 5) is 25.5. The van der Waals surface area contributed by atoms with Gasteiger partial charge < -0.3 is 28.8 Å². The maximum atomic E-state index is 12.9. The summed E-state index contributed by atoms with van der Waals surface area (Å²) in [6, 6.07) is -0.908. The van der Waals surface area contributed by atoms with Gasteiger partial charge in [-0.1, -0.05) is 281 Å². The molecule has 0 aliphatic heterocycles. The number of hydrogen-bond donors (Lipinski definition) is 2. The normalized spacial score (nSPS) is 14.1. The maximum absolute atomic E-state index is 12.9. The predicted octanol–water partition coefficient (Wildman–Crippen LogP) is 17.9.